The fourth-order valence-corrected chi connectivity index (χ4v) is 2.44. The number of nitrogen functional groups attached to an aromatic ring is 1. The summed E-state index contributed by atoms with van der Waals surface area (Å²) >= 11 is 0. The quantitative estimate of drug-likeness (QED) is 0.886. The van der Waals surface area contributed by atoms with Crippen molar-refractivity contribution in [1.82, 2.24) is 19.4 Å². The second-order valence-corrected chi connectivity index (χ2v) is 4.89. The maximum atomic E-state index is 12.6. The summed E-state index contributed by atoms with van der Waals surface area (Å²) in [6, 6.07) is 3.46. The van der Waals surface area contributed by atoms with Crippen LogP contribution in [0.1, 0.15) is 28.8 Å². The Morgan fingerprint density at radius 1 is 1.40 bits per heavy atom. The summed E-state index contributed by atoms with van der Waals surface area (Å²) in [5.41, 5.74) is 7.21. The first-order valence-electron chi connectivity index (χ1n) is 6.73. The molecule has 0 aliphatic carbocycles. The normalized spacial score (nSPS) is 14.2. The van der Waals surface area contributed by atoms with E-state index in [0.29, 0.717) is 24.5 Å². The topological polar surface area (TPSA) is 77.0 Å². The van der Waals surface area contributed by atoms with Crippen molar-refractivity contribution < 1.29 is 4.79 Å². The summed E-state index contributed by atoms with van der Waals surface area (Å²) in [5.74, 6) is 1.30. The van der Waals surface area contributed by atoms with E-state index in [0.717, 1.165) is 24.5 Å². The number of amides is 1. The van der Waals surface area contributed by atoms with E-state index in [1.165, 1.54) is 0 Å². The minimum Gasteiger partial charge on any atom is -0.384 e. The van der Waals surface area contributed by atoms with E-state index in [1.54, 1.807) is 17.2 Å². The van der Waals surface area contributed by atoms with Crippen LogP contribution in [0.15, 0.2) is 24.5 Å². The Hall–Kier alpha value is -2.37. The third kappa shape index (κ3) is 2.24. The highest BCUT2D eigenvalue weighted by molar-refractivity contribution is 5.95. The third-order valence-electron chi connectivity index (χ3n) is 3.54. The van der Waals surface area contributed by atoms with Gasteiger partial charge in [-0.1, -0.05) is 6.92 Å². The summed E-state index contributed by atoms with van der Waals surface area (Å²) < 4.78 is 2.07. The van der Waals surface area contributed by atoms with Crippen molar-refractivity contribution in [3.05, 3.63) is 41.6 Å². The number of pyridine rings is 1. The maximum Gasteiger partial charge on any atom is 0.254 e. The predicted molar refractivity (Wildman–Crippen MR) is 75.0 cm³/mol. The fourth-order valence-electron chi connectivity index (χ4n) is 2.44. The van der Waals surface area contributed by atoms with E-state index in [-0.39, 0.29) is 5.91 Å². The number of aromatic nitrogens is 3. The summed E-state index contributed by atoms with van der Waals surface area (Å²) in [7, 11) is 0. The van der Waals surface area contributed by atoms with Crippen molar-refractivity contribution in [3.63, 3.8) is 0 Å². The van der Waals surface area contributed by atoms with E-state index in [9.17, 15) is 4.79 Å². The van der Waals surface area contributed by atoms with Crippen LogP contribution in [-0.4, -0.2) is 31.9 Å². The zero-order chi connectivity index (χ0) is 14.1. The molecule has 1 amide bonds. The smallest absolute Gasteiger partial charge is 0.254 e. The van der Waals surface area contributed by atoms with E-state index in [1.807, 2.05) is 19.2 Å². The summed E-state index contributed by atoms with van der Waals surface area (Å²) in [6.45, 7) is 4.00. The van der Waals surface area contributed by atoms with Gasteiger partial charge in [0.25, 0.3) is 5.91 Å². The zero-order valence-corrected chi connectivity index (χ0v) is 11.4. The van der Waals surface area contributed by atoms with Crippen molar-refractivity contribution in [2.45, 2.75) is 26.4 Å². The minimum absolute atomic E-state index is 0.0111. The van der Waals surface area contributed by atoms with Crippen LogP contribution < -0.4 is 5.73 Å². The Morgan fingerprint density at radius 2 is 2.25 bits per heavy atom. The number of nitrogens with two attached hydrogens (primary N) is 1. The minimum atomic E-state index is -0.0111. The average Bonchev–Trinajstić information content (AvgIpc) is 2.93. The Bertz CT molecular complexity index is 649. The van der Waals surface area contributed by atoms with Gasteiger partial charge < -0.3 is 15.2 Å². The fraction of sp³-hybridized carbons (Fsp3) is 0.357. The number of nitrogens with zero attached hydrogens (tertiary/aromatic N) is 4. The zero-order valence-electron chi connectivity index (χ0n) is 11.4. The van der Waals surface area contributed by atoms with Gasteiger partial charge in [0.15, 0.2) is 0 Å². The van der Waals surface area contributed by atoms with Crippen LogP contribution >= 0.6 is 0 Å². The first-order valence-corrected chi connectivity index (χ1v) is 6.73. The number of hydrogen-bond acceptors (Lipinski definition) is 4. The van der Waals surface area contributed by atoms with Crippen LogP contribution in [0.2, 0.25) is 0 Å². The molecule has 0 saturated heterocycles. The highest BCUT2D eigenvalue weighted by Gasteiger charge is 2.22. The van der Waals surface area contributed by atoms with E-state index in [2.05, 4.69) is 14.5 Å². The molecule has 0 unspecified atom stereocenters. The van der Waals surface area contributed by atoms with Gasteiger partial charge in [-0.3, -0.25) is 4.79 Å². The molecule has 6 nitrogen and oxygen atoms in total. The van der Waals surface area contributed by atoms with Crippen LogP contribution in [0, 0.1) is 0 Å². The molecule has 2 aromatic rings. The second kappa shape index (κ2) is 4.96. The number of carbonyl (C=O) groups excluding carboxylic acids is 1. The summed E-state index contributed by atoms with van der Waals surface area (Å²) in [5, 5.41) is 0. The summed E-state index contributed by atoms with van der Waals surface area (Å²) in [4.78, 5) is 22.8. The van der Waals surface area contributed by atoms with Gasteiger partial charge in [0.05, 0.1) is 6.54 Å². The molecule has 104 valence electrons. The van der Waals surface area contributed by atoms with Gasteiger partial charge in [-0.15, -0.1) is 0 Å². The molecule has 3 rings (SSSR count). The van der Waals surface area contributed by atoms with Crippen LogP contribution in [0.3, 0.4) is 0 Å². The highest BCUT2D eigenvalue weighted by Crippen LogP contribution is 2.16. The molecule has 0 spiro atoms. The Kier molecular flexibility index (Phi) is 3.14. The standard InChI is InChI=1S/C14H17N5O/c1-2-11-7-10(8-12(15)17-11)14(20)19-6-5-18-4-3-16-13(18)9-19/h3-4,7-8H,2,5-6,9H2,1H3,(H2,15,17). The SMILES string of the molecule is CCc1cc(C(=O)N2CCn3ccnc3C2)cc(N)n1. The molecule has 1 aliphatic rings. The number of anilines is 1. The van der Waals surface area contributed by atoms with Crippen molar-refractivity contribution in [2.24, 2.45) is 0 Å². The van der Waals surface area contributed by atoms with Crippen LogP contribution in [0.4, 0.5) is 5.82 Å². The van der Waals surface area contributed by atoms with Gasteiger partial charge >= 0.3 is 0 Å². The molecule has 2 N–H and O–H groups in total. The van der Waals surface area contributed by atoms with Gasteiger partial charge in [0.1, 0.15) is 11.6 Å². The second-order valence-electron chi connectivity index (χ2n) is 4.89. The first kappa shape index (κ1) is 12.7. The largest absolute Gasteiger partial charge is 0.384 e. The average molecular weight is 271 g/mol. The van der Waals surface area contributed by atoms with E-state index >= 15 is 0 Å². The molecule has 0 saturated carbocycles. The van der Waals surface area contributed by atoms with Gasteiger partial charge in [0, 0.05) is 36.7 Å². The Balaban J connectivity index is 1.85. The lowest BCUT2D eigenvalue weighted by atomic mass is 10.1. The van der Waals surface area contributed by atoms with Crippen LogP contribution in [-0.2, 0) is 19.5 Å². The number of rotatable bonds is 2. The van der Waals surface area contributed by atoms with Crippen molar-refractivity contribution in [1.29, 1.82) is 0 Å². The molecule has 0 bridgehead atoms. The van der Waals surface area contributed by atoms with Crippen molar-refractivity contribution in [3.8, 4) is 0 Å². The van der Waals surface area contributed by atoms with Crippen molar-refractivity contribution in [2.75, 3.05) is 12.3 Å². The molecule has 0 aromatic carbocycles. The van der Waals surface area contributed by atoms with Gasteiger partial charge in [0.2, 0.25) is 0 Å². The van der Waals surface area contributed by atoms with Crippen LogP contribution in [0.5, 0.6) is 0 Å². The molecule has 20 heavy (non-hydrogen) atoms. The third-order valence-corrected chi connectivity index (χ3v) is 3.54. The lowest BCUT2D eigenvalue weighted by Crippen LogP contribution is -2.38. The Morgan fingerprint density at radius 3 is 3.05 bits per heavy atom. The molecular formula is C14H17N5O. The monoisotopic (exact) mass is 271 g/mol. The molecule has 0 radical (unpaired) electrons. The van der Waals surface area contributed by atoms with Crippen LogP contribution in [0.25, 0.3) is 0 Å². The molecule has 2 aromatic heterocycles. The number of aryl methyl sites for hydroxylation is 1. The molecule has 0 fully saturated rings. The number of imidazole rings is 1. The highest BCUT2D eigenvalue weighted by atomic mass is 16.2. The van der Waals surface area contributed by atoms with Gasteiger partial charge in [-0.2, -0.15) is 0 Å². The number of carbonyl (C=O) groups is 1. The molecule has 6 heteroatoms. The molecule has 3 heterocycles. The Labute approximate surface area is 117 Å². The molecule has 1 aliphatic heterocycles. The maximum absolute atomic E-state index is 12.6. The van der Waals surface area contributed by atoms with Crippen molar-refractivity contribution >= 4 is 11.7 Å². The van der Waals surface area contributed by atoms with E-state index in [4.69, 9.17) is 5.73 Å². The first-order chi connectivity index (χ1) is 9.67. The predicted octanol–water partition coefficient (Wildman–Crippen LogP) is 1.08. The summed E-state index contributed by atoms with van der Waals surface area (Å²) in [6.07, 6.45) is 4.47. The van der Waals surface area contributed by atoms with Gasteiger partial charge in [-0.05, 0) is 18.6 Å². The lowest BCUT2D eigenvalue weighted by Gasteiger charge is -2.27. The lowest BCUT2D eigenvalue weighted by molar-refractivity contribution is 0.0707. The molecular weight excluding hydrogens is 254 g/mol. The van der Waals surface area contributed by atoms with Gasteiger partial charge in [-0.25, -0.2) is 9.97 Å². The number of hydrogen-bond donors (Lipinski definition) is 1. The molecule has 0 atom stereocenters. The number of fused-ring (bicyclic) bond motifs is 1. The van der Waals surface area contributed by atoms with E-state index < -0.39 is 0 Å².